The first-order valence-corrected chi connectivity index (χ1v) is 3.87. The van der Waals surface area contributed by atoms with E-state index in [2.05, 4.69) is 5.32 Å². The van der Waals surface area contributed by atoms with Gasteiger partial charge in [0, 0.05) is 6.92 Å². The largest absolute Gasteiger partial charge is 0.317 e. The fourth-order valence-corrected chi connectivity index (χ4v) is 1.44. The van der Waals surface area contributed by atoms with E-state index in [4.69, 9.17) is 5.26 Å². The van der Waals surface area contributed by atoms with Crippen molar-refractivity contribution >= 4 is 22.2 Å². The molecule has 0 saturated carbocycles. The van der Waals surface area contributed by atoms with E-state index >= 15 is 0 Å². The first-order chi connectivity index (χ1) is 5.24. The van der Waals surface area contributed by atoms with Crippen molar-refractivity contribution in [2.45, 2.75) is 6.92 Å². The first-order valence-electron chi connectivity index (χ1n) is 2.99. The molecule has 0 aliphatic rings. The molecule has 1 aromatic rings. The van der Waals surface area contributed by atoms with E-state index in [1.165, 1.54) is 18.3 Å². The highest BCUT2D eigenvalue weighted by Crippen LogP contribution is 2.21. The van der Waals surface area contributed by atoms with Crippen molar-refractivity contribution in [2.24, 2.45) is 0 Å². The summed E-state index contributed by atoms with van der Waals surface area (Å²) in [4.78, 5) is 10.6. The fourth-order valence-electron chi connectivity index (χ4n) is 0.654. The normalized spacial score (nSPS) is 8.73. The van der Waals surface area contributed by atoms with Gasteiger partial charge in [0.15, 0.2) is 0 Å². The lowest BCUT2D eigenvalue weighted by Crippen LogP contribution is -2.04. The van der Waals surface area contributed by atoms with Crippen molar-refractivity contribution in [3.8, 4) is 6.07 Å². The zero-order chi connectivity index (χ0) is 8.27. The predicted molar refractivity (Wildman–Crippen MR) is 43.3 cm³/mol. The van der Waals surface area contributed by atoms with Crippen LogP contribution in [0.4, 0.5) is 5.00 Å². The molecule has 1 aromatic heterocycles. The summed E-state index contributed by atoms with van der Waals surface area (Å²) in [6.45, 7) is 1.42. The number of nitriles is 1. The minimum Gasteiger partial charge on any atom is -0.317 e. The number of thiophene rings is 1. The van der Waals surface area contributed by atoms with Crippen molar-refractivity contribution in [1.82, 2.24) is 0 Å². The molecular formula is C7H6N2OS. The summed E-state index contributed by atoms with van der Waals surface area (Å²) in [5.41, 5.74) is 0.519. The Morgan fingerprint density at radius 3 is 3.09 bits per heavy atom. The number of nitrogens with zero attached hydrogens (tertiary/aromatic N) is 1. The van der Waals surface area contributed by atoms with Crippen molar-refractivity contribution in [2.75, 3.05) is 5.32 Å². The zero-order valence-corrected chi connectivity index (χ0v) is 6.73. The lowest BCUT2D eigenvalue weighted by molar-refractivity contribution is -0.114. The van der Waals surface area contributed by atoms with Gasteiger partial charge in [-0.05, 0) is 11.4 Å². The number of hydrogen-bond acceptors (Lipinski definition) is 3. The van der Waals surface area contributed by atoms with E-state index in [1.807, 2.05) is 6.07 Å². The monoisotopic (exact) mass is 166 g/mol. The molecule has 0 saturated heterocycles. The van der Waals surface area contributed by atoms with E-state index in [1.54, 1.807) is 11.4 Å². The number of anilines is 1. The summed E-state index contributed by atoms with van der Waals surface area (Å²) in [5, 5.41) is 13.5. The third-order valence-corrected chi connectivity index (χ3v) is 1.91. The molecule has 1 N–H and O–H groups in total. The van der Waals surface area contributed by atoms with E-state index in [0.29, 0.717) is 10.6 Å². The standard InChI is InChI=1S/C7H6N2OS/c1-5(10)9-7-6(4-8)2-3-11-7/h2-3H,1H3,(H,9,10). The predicted octanol–water partition coefficient (Wildman–Crippen LogP) is 1.58. The zero-order valence-electron chi connectivity index (χ0n) is 5.92. The molecule has 0 unspecified atom stereocenters. The summed E-state index contributed by atoms with van der Waals surface area (Å²) >= 11 is 1.35. The van der Waals surface area contributed by atoms with Crippen molar-refractivity contribution in [3.05, 3.63) is 17.0 Å². The topological polar surface area (TPSA) is 52.9 Å². The van der Waals surface area contributed by atoms with Gasteiger partial charge in [0.1, 0.15) is 11.1 Å². The molecule has 4 heteroatoms. The maximum Gasteiger partial charge on any atom is 0.221 e. The highest BCUT2D eigenvalue weighted by molar-refractivity contribution is 7.14. The van der Waals surface area contributed by atoms with Gasteiger partial charge >= 0.3 is 0 Å². The molecule has 0 spiro atoms. The van der Waals surface area contributed by atoms with Gasteiger partial charge in [0.2, 0.25) is 5.91 Å². The van der Waals surface area contributed by atoms with Crippen molar-refractivity contribution < 1.29 is 4.79 Å². The minimum atomic E-state index is -0.149. The number of carbonyl (C=O) groups excluding carboxylic acids is 1. The molecule has 11 heavy (non-hydrogen) atoms. The van der Waals surface area contributed by atoms with Gasteiger partial charge in [0.05, 0.1) is 5.56 Å². The number of amides is 1. The van der Waals surface area contributed by atoms with Crippen molar-refractivity contribution in [1.29, 1.82) is 5.26 Å². The molecule has 0 bridgehead atoms. The maximum atomic E-state index is 10.6. The van der Waals surface area contributed by atoms with Crippen LogP contribution in [-0.4, -0.2) is 5.91 Å². The second-order valence-electron chi connectivity index (χ2n) is 1.96. The minimum absolute atomic E-state index is 0.149. The third kappa shape index (κ3) is 1.79. The molecule has 0 aliphatic carbocycles. The number of nitrogens with one attached hydrogen (secondary N) is 1. The summed E-state index contributed by atoms with van der Waals surface area (Å²) in [6.07, 6.45) is 0. The van der Waals surface area contributed by atoms with Crippen LogP contribution < -0.4 is 5.32 Å². The van der Waals surface area contributed by atoms with Crippen LogP contribution in [0.15, 0.2) is 11.4 Å². The smallest absolute Gasteiger partial charge is 0.221 e. The molecule has 0 aromatic carbocycles. The van der Waals surface area contributed by atoms with Gasteiger partial charge in [-0.25, -0.2) is 0 Å². The highest BCUT2D eigenvalue weighted by atomic mass is 32.1. The van der Waals surface area contributed by atoms with Gasteiger partial charge in [-0.1, -0.05) is 0 Å². The van der Waals surface area contributed by atoms with E-state index < -0.39 is 0 Å². The fraction of sp³-hybridized carbons (Fsp3) is 0.143. The Labute approximate surface area is 68.3 Å². The second kappa shape index (κ2) is 3.17. The molecule has 1 heterocycles. The van der Waals surface area contributed by atoms with Gasteiger partial charge in [-0.15, -0.1) is 11.3 Å². The molecule has 3 nitrogen and oxygen atoms in total. The third-order valence-electron chi connectivity index (χ3n) is 1.08. The van der Waals surface area contributed by atoms with Gasteiger partial charge in [-0.3, -0.25) is 4.79 Å². The van der Waals surface area contributed by atoms with Gasteiger partial charge in [0.25, 0.3) is 0 Å². The van der Waals surface area contributed by atoms with Crippen LogP contribution >= 0.6 is 11.3 Å². The summed E-state index contributed by atoms with van der Waals surface area (Å²) in [6, 6.07) is 3.65. The molecule has 56 valence electrons. The summed E-state index contributed by atoms with van der Waals surface area (Å²) < 4.78 is 0. The Morgan fingerprint density at radius 1 is 1.82 bits per heavy atom. The van der Waals surface area contributed by atoms with Crippen LogP contribution in [-0.2, 0) is 4.79 Å². The molecule has 1 rings (SSSR count). The maximum absolute atomic E-state index is 10.6. The van der Waals surface area contributed by atoms with Gasteiger partial charge < -0.3 is 5.32 Å². The van der Waals surface area contributed by atoms with Crippen molar-refractivity contribution in [3.63, 3.8) is 0 Å². The van der Waals surface area contributed by atoms with E-state index in [-0.39, 0.29) is 5.91 Å². The lowest BCUT2D eigenvalue weighted by atomic mass is 10.3. The lowest BCUT2D eigenvalue weighted by Gasteiger charge is -1.95. The van der Waals surface area contributed by atoms with E-state index in [9.17, 15) is 4.79 Å². The first kappa shape index (κ1) is 7.76. The Bertz CT molecular complexity index is 310. The quantitative estimate of drug-likeness (QED) is 0.688. The Kier molecular flexibility index (Phi) is 2.24. The number of hydrogen-bond donors (Lipinski definition) is 1. The number of rotatable bonds is 1. The molecular weight excluding hydrogens is 160 g/mol. The van der Waals surface area contributed by atoms with Crippen LogP contribution in [0.25, 0.3) is 0 Å². The Hall–Kier alpha value is -1.34. The molecule has 0 fully saturated rings. The average molecular weight is 166 g/mol. The van der Waals surface area contributed by atoms with Crippen LogP contribution in [0, 0.1) is 11.3 Å². The molecule has 0 radical (unpaired) electrons. The summed E-state index contributed by atoms with van der Waals surface area (Å²) in [7, 11) is 0. The highest BCUT2D eigenvalue weighted by Gasteiger charge is 2.03. The molecule has 0 aliphatic heterocycles. The Balaban J connectivity index is 2.87. The molecule has 1 amide bonds. The van der Waals surface area contributed by atoms with Crippen LogP contribution in [0.3, 0.4) is 0 Å². The average Bonchev–Trinajstić information content (AvgIpc) is 2.34. The van der Waals surface area contributed by atoms with Crippen LogP contribution in [0.1, 0.15) is 12.5 Å². The van der Waals surface area contributed by atoms with Crippen LogP contribution in [0.2, 0.25) is 0 Å². The number of carbonyl (C=O) groups is 1. The summed E-state index contributed by atoms with van der Waals surface area (Å²) in [5.74, 6) is -0.149. The Morgan fingerprint density at radius 2 is 2.55 bits per heavy atom. The van der Waals surface area contributed by atoms with Gasteiger partial charge in [-0.2, -0.15) is 5.26 Å². The SMILES string of the molecule is CC(=O)Nc1sccc1C#N. The second-order valence-corrected chi connectivity index (χ2v) is 2.87. The van der Waals surface area contributed by atoms with Crippen LogP contribution in [0.5, 0.6) is 0 Å². The van der Waals surface area contributed by atoms with E-state index in [0.717, 1.165) is 0 Å². The molecule has 0 atom stereocenters.